The highest BCUT2D eigenvalue weighted by Gasteiger charge is 2.28. The monoisotopic (exact) mass is 417 g/mol. The molecule has 0 saturated carbocycles. The lowest BCUT2D eigenvalue weighted by Crippen LogP contribution is -2.28. The van der Waals surface area contributed by atoms with E-state index in [4.69, 9.17) is 10.5 Å². The van der Waals surface area contributed by atoms with Crippen molar-refractivity contribution in [1.82, 2.24) is 5.32 Å². The second-order valence-corrected chi connectivity index (χ2v) is 7.68. The van der Waals surface area contributed by atoms with Crippen LogP contribution < -0.4 is 16.4 Å². The van der Waals surface area contributed by atoms with Crippen molar-refractivity contribution in [1.29, 1.82) is 0 Å². The van der Waals surface area contributed by atoms with Gasteiger partial charge in [-0.05, 0) is 31.4 Å². The van der Waals surface area contributed by atoms with Gasteiger partial charge in [0, 0.05) is 13.1 Å². The lowest BCUT2D eigenvalue weighted by molar-refractivity contribution is -0.117. The summed E-state index contributed by atoms with van der Waals surface area (Å²) in [5.74, 6) is -1.56. The second-order valence-electron chi connectivity index (χ2n) is 6.66. The van der Waals surface area contributed by atoms with Crippen LogP contribution >= 0.6 is 11.3 Å². The van der Waals surface area contributed by atoms with E-state index < -0.39 is 5.97 Å². The second kappa shape index (κ2) is 10.2. The minimum absolute atomic E-state index is 0.197. The normalized spacial score (nSPS) is 11.6. The molecule has 0 aliphatic carbocycles. The summed E-state index contributed by atoms with van der Waals surface area (Å²) >= 11 is 1.06. The smallest absolute Gasteiger partial charge is 0.341 e. The van der Waals surface area contributed by atoms with Crippen LogP contribution in [-0.4, -0.2) is 38.0 Å². The Balaban J connectivity index is 2.38. The van der Waals surface area contributed by atoms with Gasteiger partial charge < -0.3 is 21.1 Å². The van der Waals surface area contributed by atoms with Crippen LogP contribution in [0.1, 0.15) is 56.0 Å². The molecule has 1 aromatic heterocycles. The fourth-order valence-electron chi connectivity index (χ4n) is 3.09. The number of methoxy groups -OCH3 is 1. The van der Waals surface area contributed by atoms with Gasteiger partial charge in [0.25, 0.3) is 5.91 Å². The van der Waals surface area contributed by atoms with Gasteiger partial charge >= 0.3 is 5.97 Å². The topological polar surface area (TPSA) is 111 Å². The van der Waals surface area contributed by atoms with Crippen LogP contribution in [0.3, 0.4) is 0 Å². The molecule has 0 radical (unpaired) electrons. The quantitative estimate of drug-likeness (QED) is 0.572. The number of esters is 1. The highest BCUT2D eigenvalue weighted by atomic mass is 32.1. The van der Waals surface area contributed by atoms with Crippen LogP contribution in [0.5, 0.6) is 0 Å². The molecule has 2 aromatic rings. The summed E-state index contributed by atoms with van der Waals surface area (Å²) in [7, 11) is 1.26. The number of hydrogen-bond donors (Lipinski definition) is 3. The minimum Gasteiger partial charge on any atom is -0.465 e. The fourth-order valence-corrected chi connectivity index (χ4v) is 4.20. The van der Waals surface area contributed by atoms with Gasteiger partial charge in [0.05, 0.1) is 23.5 Å². The highest BCUT2D eigenvalue weighted by molar-refractivity contribution is 7.18. The predicted molar refractivity (Wildman–Crippen MR) is 115 cm³/mol. The van der Waals surface area contributed by atoms with Crippen molar-refractivity contribution in [2.24, 2.45) is 5.73 Å². The van der Waals surface area contributed by atoms with Crippen LogP contribution in [0, 0.1) is 13.8 Å². The third-order valence-electron chi connectivity index (χ3n) is 4.58. The van der Waals surface area contributed by atoms with Crippen LogP contribution in [0.2, 0.25) is 0 Å². The number of nitrogens with two attached hydrogens (primary N) is 1. The Morgan fingerprint density at radius 3 is 2.55 bits per heavy atom. The van der Waals surface area contributed by atoms with Crippen molar-refractivity contribution in [3.05, 3.63) is 51.4 Å². The summed E-state index contributed by atoms with van der Waals surface area (Å²) in [5.41, 5.74) is 8.07. The maximum absolute atomic E-state index is 13.0. The van der Waals surface area contributed by atoms with Crippen LogP contribution in [0.15, 0.2) is 24.3 Å². The Hall–Kier alpha value is -2.71. The molecule has 0 bridgehead atoms. The van der Waals surface area contributed by atoms with E-state index in [-0.39, 0.29) is 23.3 Å². The van der Waals surface area contributed by atoms with E-state index in [9.17, 15) is 14.4 Å². The number of rotatable bonds is 8. The molecule has 8 heteroatoms. The summed E-state index contributed by atoms with van der Waals surface area (Å²) < 4.78 is 4.87. The first-order valence-corrected chi connectivity index (χ1v) is 10.2. The minimum atomic E-state index is -0.601. The average molecular weight is 418 g/mol. The number of benzene rings is 1. The van der Waals surface area contributed by atoms with Crippen molar-refractivity contribution in [3.8, 4) is 0 Å². The zero-order valence-corrected chi connectivity index (χ0v) is 17.9. The molecule has 1 atom stereocenters. The van der Waals surface area contributed by atoms with Crippen molar-refractivity contribution >= 4 is 34.1 Å². The van der Waals surface area contributed by atoms with E-state index in [1.165, 1.54) is 7.11 Å². The number of nitrogens with one attached hydrogen (secondary N) is 2. The molecule has 1 heterocycles. The number of amides is 2. The van der Waals surface area contributed by atoms with Gasteiger partial charge in [0.15, 0.2) is 0 Å². The van der Waals surface area contributed by atoms with Gasteiger partial charge in [0.2, 0.25) is 5.91 Å². The van der Waals surface area contributed by atoms with Crippen molar-refractivity contribution in [2.45, 2.75) is 33.1 Å². The Morgan fingerprint density at radius 2 is 1.97 bits per heavy atom. The molecule has 0 fully saturated rings. The zero-order valence-electron chi connectivity index (χ0n) is 17.1. The van der Waals surface area contributed by atoms with E-state index in [2.05, 4.69) is 10.6 Å². The summed E-state index contributed by atoms with van der Waals surface area (Å²) in [6, 6.07) is 7.77. The molecular weight excluding hydrogens is 390 g/mol. The van der Waals surface area contributed by atoms with Gasteiger partial charge in [-0.15, -0.1) is 11.3 Å². The van der Waals surface area contributed by atoms with Crippen LogP contribution in [-0.2, 0) is 9.53 Å². The maximum atomic E-state index is 13.0. The van der Waals surface area contributed by atoms with E-state index in [1.54, 1.807) is 6.92 Å². The first kappa shape index (κ1) is 22.6. The largest absolute Gasteiger partial charge is 0.465 e. The molecule has 1 unspecified atom stereocenters. The lowest BCUT2D eigenvalue weighted by atomic mass is 9.94. The third-order valence-corrected chi connectivity index (χ3v) is 5.78. The summed E-state index contributed by atoms with van der Waals surface area (Å²) in [4.78, 5) is 38.1. The SMILES string of the molecule is CCC(C(=O)Nc1sc(C(=O)NCCN)c(C)c1C(=O)OC)c1cccc(C)c1. The van der Waals surface area contributed by atoms with Crippen molar-refractivity contribution in [3.63, 3.8) is 0 Å². The maximum Gasteiger partial charge on any atom is 0.341 e. The Bertz CT molecular complexity index is 907. The van der Waals surface area contributed by atoms with Crippen LogP contribution in [0.4, 0.5) is 5.00 Å². The average Bonchev–Trinajstić information content (AvgIpc) is 3.02. The summed E-state index contributed by atoms with van der Waals surface area (Å²) in [6.45, 7) is 6.18. The molecule has 2 amide bonds. The summed E-state index contributed by atoms with van der Waals surface area (Å²) in [6.07, 6.45) is 0.594. The number of anilines is 1. The molecule has 0 spiro atoms. The number of aryl methyl sites for hydroxylation is 1. The standard InChI is InChI=1S/C21H27N3O4S/c1-5-15(14-8-6-7-12(2)11-14)18(25)24-20-16(21(27)28-4)13(3)17(29-20)19(26)23-10-9-22/h6-8,11,15H,5,9-10,22H2,1-4H3,(H,23,26)(H,24,25). The molecule has 29 heavy (non-hydrogen) atoms. The Morgan fingerprint density at radius 1 is 1.24 bits per heavy atom. The van der Waals surface area contributed by atoms with Gasteiger partial charge in [0.1, 0.15) is 5.00 Å². The van der Waals surface area contributed by atoms with E-state index >= 15 is 0 Å². The number of carbonyl (C=O) groups excluding carboxylic acids is 3. The Labute approximate surface area is 174 Å². The molecule has 4 N–H and O–H groups in total. The van der Waals surface area contributed by atoms with Crippen LogP contribution in [0.25, 0.3) is 0 Å². The van der Waals surface area contributed by atoms with Gasteiger partial charge in [-0.1, -0.05) is 36.8 Å². The molecule has 0 aliphatic rings. The molecule has 2 rings (SSSR count). The van der Waals surface area contributed by atoms with E-state index in [1.807, 2.05) is 38.1 Å². The number of ether oxygens (including phenoxy) is 1. The molecule has 7 nitrogen and oxygen atoms in total. The third kappa shape index (κ3) is 5.21. The zero-order chi connectivity index (χ0) is 21.6. The molecule has 0 saturated heterocycles. The van der Waals surface area contributed by atoms with Gasteiger partial charge in [-0.2, -0.15) is 0 Å². The first-order chi connectivity index (χ1) is 13.8. The molecule has 156 valence electrons. The first-order valence-electron chi connectivity index (χ1n) is 9.41. The highest BCUT2D eigenvalue weighted by Crippen LogP contribution is 2.35. The number of carbonyl (C=O) groups is 3. The predicted octanol–water partition coefficient (Wildman–Crippen LogP) is 2.97. The summed E-state index contributed by atoms with van der Waals surface area (Å²) in [5, 5.41) is 5.84. The van der Waals surface area contributed by atoms with E-state index in [0.717, 1.165) is 22.5 Å². The number of hydrogen-bond acceptors (Lipinski definition) is 6. The molecular formula is C21H27N3O4S. The van der Waals surface area contributed by atoms with Crippen molar-refractivity contribution < 1.29 is 19.1 Å². The van der Waals surface area contributed by atoms with E-state index in [0.29, 0.717) is 35.0 Å². The fraction of sp³-hybridized carbons (Fsp3) is 0.381. The molecule has 1 aromatic carbocycles. The Kier molecular flexibility index (Phi) is 7.92. The lowest BCUT2D eigenvalue weighted by Gasteiger charge is -2.16. The molecule has 0 aliphatic heterocycles. The van der Waals surface area contributed by atoms with Gasteiger partial charge in [-0.25, -0.2) is 4.79 Å². The van der Waals surface area contributed by atoms with Gasteiger partial charge in [-0.3, -0.25) is 9.59 Å². The van der Waals surface area contributed by atoms with Crippen molar-refractivity contribution in [2.75, 3.05) is 25.5 Å². The number of thiophene rings is 1.